The highest BCUT2D eigenvalue weighted by atomic mass is 15.0. The first-order chi connectivity index (χ1) is 33.1. The van der Waals surface area contributed by atoms with Crippen molar-refractivity contribution in [2.24, 2.45) is 0 Å². The summed E-state index contributed by atoms with van der Waals surface area (Å²) in [6, 6.07) is 84.5. The summed E-state index contributed by atoms with van der Waals surface area (Å²) in [5.74, 6) is 2.48. The van der Waals surface area contributed by atoms with Gasteiger partial charge in [-0.15, -0.1) is 0 Å². The predicted octanol–water partition coefficient (Wildman–Crippen LogP) is 15.7. The molecule has 0 saturated heterocycles. The zero-order valence-corrected chi connectivity index (χ0v) is 37.1. The topological polar surface area (TPSA) is 38.7 Å². The molecule has 0 aliphatic heterocycles. The number of nitrogens with zero attached hydrogens (tertiary/aromatic N) is 3. The van der Waals surface area contributed by atoms with Crippen LogP contribution in [0.25, 0.3) is 78.0 Å². The predicted molar refractivity (Wildman–Crippen MR) is 275 cm³/mol. The maximum absolute atomic E-state index is 5.13. The summed E-state index contributed by atoms with van der Waals surface area (Å²) >= 11 is 0. The second-order valence-electron chi connectivity index (χ2n) is 18.2. The Labute approximate surface area is 391 Å². The van der Waals surface area contributed by atoms with Gasteiger partial charge in [-0.1, -0.05) is 225 Å². The zero-order valence-electron chi connectivity index (χ0n) is 37.1. The normalized spacial score (nSPS) is 17.0. The van der Waals surface area contributed by atoms with Crippen LogP contribution in [0.15, 0.2) is 231 Å². The molecule has 0 fully saturated rings. The van der Waals surface area contributed by atoms with E-state index >= 15 is 0 Å². The smallest absolute Gasteiger partial charge is 0.164 e. The number of rotatable bonds is 5. The van der Waals surface area contributed by atoms with Crippen molar-refractivity contribution in [1.82, 2.24) is 15.0 Å². The van der Waals surface area contributed by atoms with Crippen LogP contribution in [0.1, 0.15) is 57.7 Å². The standard InChI is InChI=1S/C64H45N3/c1-41-49-29-16-18-35-57(49)64(56-34-17-11-26-47(56)39-55(41)42-20-5-2-6-21-42)58-40-46(36-37-54(58)59-52-32-14-12-30-50(52)51-31-13-15-33-53(51)60(59)64)45-27-19-28-48(38-45)63-66-61(43-22-7-3-8-23-43)65-62(67-63)44-24-9-4-10-25-44/h2-38,40-41,55H,39H2,1H3. The summed E-state index contributed by atoms with van der Waals surface area (Å²) in [6.45, 7) is 2.46. The number of fused-ring (bicyclic) bond motifs is 14. The number of hydrogen-bond donors (Lipinski definition) is 0. The molecule has 3 heteroatoms. The van der Waals surface area contributed by atoms with E-state index in [1.165, 1.54) is 71.6 Å². The van der Waals surface area contributed by atoms with Crippen LogP contribution in [0, 0.1) is 0 Å². The molecule has 0 radical (unpaired) electrons. The van der Waals surface area contributed by atoms with Gasteiger partial charge in [-0.25, -0.2) is 15.0 Å². The van der Waals surface area contributed by atoms with Gasteiger partial charge in [0.15, 0.2) is 17.5 Å². The van der Waals surface area contributed by atoms with Crippen LogP contribution < -0.4 is 0 Å². The molecule has 0 N–H and O–H groups in total. The molecule has 3 nitrogen and oxygen atoms in total. The van der Waals surface area contributed by atoms with E-state index < -0.39 is 5.41 Å². The van der Waals surface area contributed by atoms with Crippen molar-refractivity contribution in [3.05, 3.63) is 269 Å². The molecule has 0 amide bonds. The second-order valence-corrected chi connectivity index (χ2v) is 18.2. The first-order valence-corrected chi connectivity index (χ1v) is 23.4. The van der Waals surface area contributed by atoms with Crippen molar-refractivity contribution in [3.8, 4) is 56.4 Å². The first kappa shape index (κ1) is 39.1. The summed E-state index contributed by atoms with van der Waals surface area (Å²) in [4.78, 5) is 15.2. The zero-order chi connectivity index (χ0) is 44.5. The summed E-state index contributed by atoms with van der Waals surface area (Å²) in [5.41, 5.74) is 16.6. The monoisotopic (exact) mass is 855 g/mol. The highest BCUT2D eigenvalue weighted by Crippen LogP contribution is 2.63. The van der Waals surface area contributed by atoms with Crippen molar-refractivity contribution in [3.63, 3.8) is 0 Å². The van der Waals surface area contributed by atoms with E-state index in [1.807, 2.05) is 36.4 Å². The van der Waals surface area contributed by atoms with Gasteiger partial charge >= 0.3 is 0 Å². The van der Waals surface area contributed by atoms with E-state index in [9.17, 15) is 0 Å². The minimum Gasteiger partial charge on any atom is -0.208 e. The quantitative estimate of drug-likeness (QED) is 0.162. The Hall–Kier alpha value is -8.27. The van der Waals surface area contributed by atoms with Gasteiger partial charge in [0, 0.05) is 16.7 Å². The molecule has 3 atom stereocenters. The third kappa shape index (κ3) is 6.15. The van der Waals surface area contributed by atoms with Crippen LogP contribution in [0.5, 0.6) is 0 Å². The Morgan fingerprint density at radius 1 is 0.388 bits per heavy atom. The van der Waals surface area contributed by atoms with E-state index in [2.05, 4.69) is 201 Å². The minimum atomic E-state index is -0.631. The largest absolute Gasteiger partial charge is 0.208 e. The highest BCUT2D eigenvalue weighted by Gasteiger charge is 2.51. The fourth-order valence-corrected chi connectivity index (χ4v) is 11.7. The minimum absolute atomic E-state index is 0.241. The van der Waals surface area contributed by atoms with Gasteiger partial charge in [-0.05, 0) is 113 Å². The van der Waals surface area contributed by atoms with Gasteiger partial charge < -0.3 is 0 Å². The number of hydrogen-bond acceptors (Lipinski definition) is 3. The van der Waals surface area contributed by atoms with Gasteiger partial charge in [0.05, 0.1) is 5.41 Å². The van der Waals surface area contributed by atoms with Crippen LogP contribution in [0.3, 0.4) is 0 Å². The van der Waals surface area contributed by atoms with Gasteiger partial charge in [0.25, 0.3) is 0 Å². The van der Waals surface area contributed by atoms with Crippen LogP contribution >= 0.6 is 0 Å². The average molecular weight is 856 g/mol. The lowest BCUT2D eigenvalue weighted by molar-refractivity contribution is 0.544. The molecule has 13 rings (SSSR count). The highest BCUT2D eigenvalue weighted by molar-refractivity contribution is 6.19. The Bertz CT molecular complexity index is 3640. The van der Waals surface area contributed by atoms with Gasteiger partial charge in [0.2, 0.25) is 0 Å². The Balaban J connectivity index is 1.08. The Morgan fingerprint density at radius 2 is 0.896 bits per heavy atom. The summed E-state index contributed by atoms with van der Waals surface area (Å²) in [7, 11) is 0. The van der Waals surface area contributed by atoms with Crippen molar-refractivity contribution >= 4 is 21.5 Å². The summed E-state index contributed by atoms with van der Waals surface area (Å²) in [6.07, 6.45) is 0.928. The van der Waals surface area contributed by atoms with Gasteiger partial charge in [0.1, 0.15) is 0 Å². The molecule has 316 valence electrons. The average Bonchev–Trinajstić information content (AvgIpc) is 3.72. The van der Waals surface area contributed by atoms with E-state index in [0.717, 1.165) is 34.2 Å². The van der Waals surface area contributed by atoms with Crippen molar-refractivity contribution in [2.75, 3.05) is 0 Å². The third-order valence-electron chi connectivity index (χ3n) is 14.7. The van der Waals surface area contributed by atoms with E-state index in [-0.39, 0.29) is 5.92 Å². The van der Waals surface area contributed by atoms with Crippen LogP contribution in [0.2, 0.25) is 0 Å². The molecule has 2 aliphatic carbocycles. The lowest BCUT2D eigenvalue weighted by Gasteiger charge is -2.42. The fraction of sp³-hybridized carbons (Fsp3) is 0.0781. The molecule has 0 bridgehead atoms. The SMILES string of the molecule is CC1c2ccccc2C2(c3ccccc3CC1c1ccccc1)c1cc(-c3cccc(-c4nc(-c5ccccc5)nc(-c5ccccc5)n4)c3)ccc1-c1c2c2ccccc2c2ccccc12. The summed E-state index contributed by atoms with van der Waals surface area (Å²) in [5, 5.41) is 5.15. The van der Waals surface area contributed by atoms with E-state index in [4.69, 9.17) is 15.0 Å². The Morgan fingerprint density at radius 3 is 1.60 bits per heavy atom. The molecule has 67 heavy (non-hydrogen) atoms. The molecule has 1 spiro atoms. The van der Waals surface area contributed by atoms with Crippen LogP contribution in [-0.4, -0.2) is 15.0 Å². The maximum atomic E-state index is 5.13. The fourth-order valence-electron chi connectivity index (χ4n) is 11.7. The first-order valence-electron chi connectivity index (χ1n) is 23.4. The maximum Gasteiger partial charge on any atom is 0.164 e. The second kappa shape index (κ2) is 15.7. The number of benzene rings is 10. The van der Waals surface area contributed by atoms with E-state index in [1.54, 1.807) is 0 Å². The molecule has 3 unspecified atom stereocenters. The molecule has 2 aliphatic rings. The van der Waals surface area contributed by atoms with Gasteiger partial charge in [-0.2, -0.15) is 0 Å². The van der Waals surface area contributed by atoms with Crippen molar-refractivity contribution in [2.45, 2.75) is 30.6 Å². The van der Waals surface area contributed by atoms with Crippen LogP contribution in [-0.2, 0) is 11.8 Å². The molecule has 0 saturated carbocycles. The van der Waals surface area contributed by atoms with Crippen molar-refractivity contribution in [1.29, 1.82) is 0 Å². The van der Waals surface area contributed by atoms with Crippen LogP contribution in [0.4, 0.5) is 0 Å². The molecular weight excluding hydrogens is 811 g/mol. The lowest BCUT2D eigenvalue weighted by Crippen LogP contribution is -2.34. The molecular formula is C64H45N3. The molecule has 11 aromatic rings. The Kier molecular flexibility index (Phi) is 9.18. The van der Waals surface area contributed by atoms with Gasteiger partial charge in [-0.3, -0.25) is 0 Å². The third-order valence-corrected chi connectivity index (χ3v) is 14.7. The lowest BCUT2D eigenvalue weighted by atomic mass is 9.60. The summed E-state index contributed by atoms with van der Waals surface area (Å²) < 4.78 is 0. The number of aromatic nitrogens is 3. The molecule has 10 aromatic carbocycles. The molecule has 1 aromatic heterocycles. The molecule has 1 heterocycles. The van der Waals surface area contributed by atoms with Crippen molar-refractivity contribution < 1.29 is 0 Å². The van der Waals surface area contributed by atoms with E-state index in [0.29, 0.717) is 23.4 Å².